The minimum Gasteiger partial charge on any atom is -0.289 e. The predicted octanol–water partition coefficient (Wildman–Crippen LogP) is 2.59. The highest BCUT2D eigenvalue weighted by atomic mass is 16.1. The van der Waals surface area contributed by atoms with Crippen molar-refractivity contribution in [1.29, 1.82) is 0 Å². The quantitative estimate of drug-likeness (QED) is 0.531. The van der Waals surface area contributed by atoms with Crippen molar-refractivity contribution in [2.45, 2.75) is 6.54 Å². The Hall–Kier alpha value is -2.68. The maximum atomic E-state index is 12.3. The van der Waals surface area contributed by atoms with Crippen molar-refractivity contribution in [2.75, 3.05) is 0 Å². The van der Waals surface area contributed by atoms with Crippen LogP contribution in [0.3, 0.4) is 0 Å². The van der Waals surface area contributed by atoms with Crippen LogP contribution in [0.1, 0.15) is 21.5 Å². The SMILES string of the molecule is C[n+]1ccn(Cc2ccc(C(=O)c3ccccc3)cc2)c1. The monoisotopic (exact) mass is 277 g/mol. The van der Waals surface area contributed by atoms with Crippen molar-refractivity contribution in [3.8, 4) is 0 Å². The summed E-state index contributed by atoms with van der Waals surface area (Å²) < 4.78 is 4.11. The van der Waals surface area contributed by atoms with Gasteiger partial charge in [-0.1, -0.05) is 54.6 Å². The molecule has 0 aliphatic heterocycles. The summed E-state index contributed by atoms with van der Waals surface area (Å²) in [6.07, 6.45) is 6.07. The average Bonchev–Trinajstić information content (AvgIpc) is 2.93. The Labute approximate surface area is 124 Å². The fourth-order valence-electron chi connectivity index (χ4n) is 2.32. The molecule has 0 radical (unpaired) electrons. The van der Waals surface area contributed by atoms with Crippen LogP contribution in [0.4, 0.5) is 0 Å². The van der Waals surface area contributed by atoms with Gasteiger partial charge in [0.15, 0.2) is 5.78 Å². The highest BCUT2D eigenvalue weighted by molar-refractivity contribution is 6.08. The first-order valence-electron chi connectivity index (χ1n) is 6.92. The summed E-state index contributed by atoms with van der Waals surface area (Å²) in [5, 5.41) is 0. The van der Waals surface area contributed by atoms with Crippen LogP contribution in [0.15, 0.2) is 73.3 Å². The van der Waals surface area contributed by atoms with E-state index >= 15 is 0 Å². The van der Waals surface area contributed by atoms with Gasteiger partial charge in [0.05, 0.1) is 7.05 Å². The maximum Gasteiger partial charge on any atom is 0.243 e. The van der Waals surface area contributed by atoms with Crippen LogP contribution in [0.25, 0.3) is 0 Å². The summed E-state index contributed by atoms with van der Waals surface area (Å²) in [7, 11) is 2.00. The Kier molecular flexibility index (Phi) is 3.65. The molecule has 0 unspecified atom stereocenters. The van der Waals surface area contributed by atoms with Crippen LogP contribution in [0, 0.1) is 0 Å². The molecule has 0 atom stereocenters. The molecular weight excluding hydrogens is 260 g/mol. The number of benzene rings is 2. The maximum absolute atomic E-state index is 12.3. The number of carbonyl (C=O) groups excluding carboxylic acids is 1. The molecule has 1 aromatic heterocycles. The number of carbonyl (C=O) groups is 1. The Bertz CT molecular complexity index is 742. The van der Waals surface area contributed by atoms with Crippen LogP contribution in [0.5, 0.6) is 0 Å². The van der Waals surface area contributed by atoms with Crippen LogP contribution < -0.4 is 4.57 Å². The van der Waals surface area contributed by atoms with Gasteiger partial charge in [-0.3, -0.25) is 4.79 Å². The van der Waals surface area contributed by atoms with Gasteiger partial charge in [-0.25, -0.2) is 9.13 Å². The number of ketones is 1. The second-order valence-electron chi connectivity index (χ2n) is 5.14. The third kappa shape index (κ3) is 3.08. The molecule has 0 fully saturated rings. The van der Waals surface area contributed by atoms with E-state index in [4.69, 9.17) is 0 Å². The lowest BCUT2D eigenvalue weighted by atomic mass is 10.0. The molecule has 3 nitrogen and oxygen atoms in total. The summed E-state index contributed by atoms with van der Waals surface area (Å²) in [5.41, 5.74) is 2.63. The molecule has 0 aliphatic carbocycles. The first kappa shape index (κ1) is 13.3. The Morgan fingerprint density at radius 1 is 1.00 bits per heavy atom. The molecule has 1 heterocycles. The largest absolute Gasteiger partial charge is 0.289 e. The molecule has 21 heavy (non-hydrogen) atoms. The third-order valence-electron chi connectivity index (χ3n) is 3.44. The standard InChI is InChI=1S/C18H17N2O/c1-19-11-12-20(14-19)13-15-7-9-17(10-8-15)18(21)16-5-3-2-4-6-16/h2-12,14H,13H2,1H3/q+1. The number of hydrogen-bond acceptors (Lipinski definition) is 1. The molecule has 0 saturated carbocycles. The van der Waals surface area contributed by atoms with E-state index < -0.39 is 0 Å². The van der Waals surface area contributed by atoms with Crippen molar-refractivity contribution in [3.63, 3.8) is 0 Å². The van der Waals surface area contributed by atoms with Gasteiger partial charge >= 0.3 is 0 Å². The van der Waals surface area contributed by atoms with E-state index in [1.807, 2.05) is 84.9 Å². The van der Waals surface area contributed by atoms with Gasteiger partial charge in [0.2, 0.25) is 6.33 Å². The van der Waals surface area contributed by atoms with Gasteiger partial charge in [0.1, 0.15) is 18.9 Å². The fourth-order valence-corrected chi connectivity index (χ4v) is 2.32. The molecule has 0 amide bonds. The van der Waals surface area contributed by atoms with Crippen molar-refractivity contribution in [3.05, 3.63) is 90.0 Å². The number of nitrogens with zero attached hydrogens (tertiary/aromatic N) is 2. The second-order valence-corrected chi connectivity index (χ2v) is 5.14. The number of imidazole rings is 1. The molecule has 3 rings (SSSR count). The summed E-state index contributed by atoms with van der Waals surface area (Å²) in [4.78, 5) is 12.3. The first-order valence-corrected chi connectivity index (χ1v) is 6.92. The van der Waals surface area contributed by atoms with Crippen molar-refractivity contribution in [2.24, 2.45) is 7.05 Å². The average molecular weight is 277 g/mol. The van der Waals surface area contributed by atoms with Crippen molar-refractivity contribution < 1.29 is 9.36 Å². The van der Waals surface area contributed by atoms with Gasteiger partial charge in [0.25, 0.3) is 0 Å². The molecule has 3 heteroatoms. The normalized spacial score (nSPS) is 10.5. The Morgan fingerprint density at radius 2 is 1.67 bits per heavy atom. The first-order chi connectivity index (χ1) is 10.2. The molecule has 0 aliphatic rings. The lowest BCUT2D eigenvalue weighted by Crippen LogP contribution is -2.23. The smallest absolute Gasteiger partial charge is 0.243 e. The zero-order chi connectivity index (χ0) is 14.7. The molecule has 0 N–H and O–H groups in total. The summed E-state index contributed by atoms with van der Waals surface area (Å²) in [6, 6.07) is 17.2. The van der Waals surface area contributed by atoms with Crippen LogP contribution in [0.2, 0.25) is 0 Å². The number of aryl methyl sites for hydroxylation is 1. The van der Waals surface area contributed by atoms with E-state index in [-0.39, 0.29) is 5.78 Å². The molecule has 0 spiro atoms. The van der Waals surface area contributed by atoms with Gasteiger partial charge in [0, 0.05) is 11.1 Å². The van der Waals surface area contributed by atoms with E-state index in [0.29, 0.717) is 0 Å². The van der Waals surface area contributed by atoms with E-state index in [1.165, 1.54) is 5.56 Å². The molecule has 0 saturated heterocycles. The van der Waals surface area contributed by atoms with E-state index in [1.54, 1.807) is 0 Å². The van der Waals surface area contributed by atoms with E-state index in [0.717, 1.165) is 17.7 Å². The lowest BCUT2D eigenvalue weighted by Gasteiger charge is -2.03. The Balaban J connectivity index is 1.76. The number of hydrogen-bond donors (Lipinski definition) is 0. The number of rotatable bonds is 4. The zero-order valence-electron chi connectivity index (χ0n) is 11.9. The van der Waals surface area contributed by atoms with Gasteiger partial charge in [-0.05, 0) is 5.56 Å². The topological polar surface area (TPSA) is 25.9 Å². The van der Waals surface area contributed by atoms with E-state index in [2.05, 4.69) is 4.57 Å². The van der Waals surface area contributed by atoms with Gasteiger partial charge < -0.3 is 0 Å². The van der Waals surface area contributed by atoms with Gasteiger partial charge in [-0.2, -0.15) is 0 Å². The molecule has 2 aromatic carbocycles. The fraction of sp³-hybridized carbons (Fsp3) is 0.111. The van der Waals surface area contributed by atoms with Crippen LogP contribution >= 0.6 is 0 Å². The summed E-state index contributed by atoms with van der Waals surface area (Å²) in [5.74, 6) is 0.0644. The van der Waals surface area contributed by atoms with Crippen molar-refractivity contribution >= 4 is 5.78 Å². The molecule has 3 aromatic rings. The lowest BCUT2D eigenvalue weighted by molar-refractivity contribution is -0.671. The third-order valence-corrected chi connectivity index (χ3v) is 3.44. The van der Waals surface area contributed by atoms with Crippen LogP contribution in [-0.2, 0) is 13.6 Å². The van der Waals surface area contributed by atoms with E-state index in [9.17, 15) is 4.79 Å². The predicted molar refractivity (Wildman–Crippen MR) is 81.0 cm³/mol. The minimum absolute atomic E-state index is 0.0644. The Morgan fingerprint density at radius 3 is 2.29 bits per heavy atom. The van der Waals surface area contributed by atoms with Crippen LogP contribution in [-0.4, -0.2) is 10.4 Å². The molecule has 104 valence electrons. The summed E-state index contributed by atoms with van der Waals surface area (Å²) >= 11 is 0. The molecule has 0 bridgehead atoms. The van der Waals surface area contributed by atoms with Gasteiger partial charge in [-0.15, -0.1) is 0 Å². The minimum atomic E-state index is 0.0644. The van der Waals surface area contributed by atoms with Crippen molar-refractivity contribution in [1.82, 2.24) is 4.57 Å². The number of aromatic nitrogens is 2. The zero-order valence-corrected chi connectivity index (χ0v) is 11.9. The summed E-state index contributed by atoms with van der Waals surface area (Å²) in [6.45, 7) is 0.806. The second kappa shape index (κ2) is 5.75. The molecular formula is C18H17N2O+. The highest BCUT2D eigenvalue weighted by Crippen LogP contribution is 2.11. The highest BCUT2D eigenvalue weighted by Gasteiger charge is 2.09.